The summed E-state index contributed by atoms with van der Waals surface area (Å²) in [7, 11) is 1.67. The lowest BCUT2D eigenvalue weighted by molar-refractivity contribution is -0.117. The summed E-state index contributed by atoms with van der Waals surface area (Å²) in [6, 6.07) is 13.6. The van der Waals surface area contributed by atoms with Crippen molar-refractivity contribution < 1.29 is 23.8 Å². The molecule has 5 rings (SSSR count). The Bertz CT molecular complexity index is 1240. The molecule has 38 heavy (non-hydrogen) atoms. The number of Topliss-reactive ketones (excluding diaryl/α,β-unsaturated/α-hetero) is 2. The van der Waals surface area contributed by atoms with E-state index >= 15 is 0 Å². The van der Waals surface area contributed by atoms with Gasteiger partial charge in [0.05, 0.1) is 18.2 Å². The fraction of sp³-hybridized carbons (Fsp3) is 0.419. The van der Waals surface area contributed by atoms with Gasteiger partial charge in [0.25, 0.3) is 0 Å². The number of hydrogen-bond acceptors (Lipinski definition) is 6. The molecule has 0 unspecified atom stereocenters. The number of allylic oxidation sites excluding steroid dienone is 4. The van der Waals surface area contributed by atoms with Crippen LogP contribution in [0.1, 0.15) is 62.5 Å². The van der Waals surface area contributed by atoms with Crippen LogP contribution in [-0.4, -0.2) is 43.3 Å². The van der Waals surface area contributed by atoms with Gasteiger partial charge < -0.3 is 19.1 Å². The van der Waals surface area contributed by atoms with E-state index in [0.29, 0.717) is 55.7 Å². The van der Waals surface area contributed by atoms with E-state index in [1.807, 2.05) is 49.4 Å². The second-order valence-electron chi connectivity index (χ2n) is 9.89. The summed E-state index contributed by atoms with van der Waals surface area (Å²) >= 11 is 6.84. The van der Waals surface area contributed by atoms with Crippen molar-refractivity contribution in [3.63, 3.8) is 0 Å². The maximum absolute atomic E-state index is 13.5. The molecule has 0 N–H and O–H groups in total. The monoisotopic (exact) mass is 535 g/mol. The smallest absolute Gasteiger partial charge is 0.180 e. The summed E-state index contributed by atoms with van der Waals surface area (Å²) in [5.41, 5.74) is 5.30. The summed E-state index contributed by atoms with van der Waals surface area (Å²) in [5, 5.41) is 0.402. The Balaban J connectivity index is 1.61. The van der Waals surface area contributed by atoms with E-state index < -0.39 is 5.92 Å². The molecule has 0 aromatic heterocycles. The molecule has 7 heteroatoms. The molecule has 0 amide bonds. The lowest BCUT2D eigenvalue weighted by Crippen LogP contribution is -2.40. The highest BCUT2D eigenvalue weighted by Gasteiger charge is 2.43. The van der Waals surface area contributed by atoms with Crippen molar-refractivity contribution in [1.29, 1.82) is 0 Å². The van der Waals surface area contributed by atoms with Gasteiger partial charge in [0, 0.05) is 55.0 Å². The molecule has 200 valence electrons. The Morgan fingerprint density at radius 3 is 2.18 bits per heavy atom. The van der Waals surface area contributed by atoms with Crippen LogP contribution in [-0.2, 0) is 20.9 Å². The standard InChI is InChI=1S/C31H34ClNO5/c1-3-37-27-18-21(17-22(32)31(27)38-19-20-9-5-4-6-10-20)28-29-23(11-7-13-25(29)34)33(15-16-36-2)24-12-8-14-26(35)30(24)28/h4-6,9-10,17-18,28H,3,7-8,11-16,19H2,1-2H3. The van der Waals surface area contributed by atoms with Crippen LogP contribution in [0.5, 0.6) is 11.5 Å². The molecule has 1 aliphatic heterocycles. The topological polar surface area (TPSA) is 65.1 Å². The first kappa shape index (κ1) is 26.5. The molecular weight excluding hydrogens is 502 g/mol. The molecule has 3 aliphatic rings. The highest BCUT2D eigenvalue weighted by atomic mass is 35.5. The molecular formula is C31H34ClNO5. The highest BCUT2D eigenvalue weighted by Crippen LogP contribution is 2.51. The van der Waals surface area contributed by atoms with Crippen molar-refractivity contribution in [3.8, 4) is 11.5 Å². The fourth-order valence-electron chi connectivity index (χ4n) is 5.89. The Labute approximate surface area is 229 Å². The normalized spacial score (nSPS) is 18.0. The zero-order valence-corrected chi connectivity index (χ0v) is 22.8. The third kappa shape index (κ3) is 5.12. The third-order valence-corrected chi connectivity index (χ3v) is 7.78. The summed E-state index contributed by atoms with van der Waals surface area (Å²) in [6.45, 7) is 3.83. The number of ketones is 2. The van der Waals surface area contributed by atoms with Crippen molar-refractivity contribution in [1.82, 2.24) is 4.90 Å². The van der Waals surface area contributed by atoms with Gasteiger partial charge in [-0.2, -0.15) is 0 Å². The second kappa shape index (κ2) is 11.7. The van der Waals surface area contributed by atoms with Crippen LogP contribution in [0.3, 0.4) is 0 Å². The van der Waals surface area contributed by atoms with Crippen molar-refractivity contribution in [2.45, 2.75) is 58.0 Å². The van der Waals surface area contributed by atoms with E-state index in [0.717, 1.165) is 59.4 Å². The number of ether oxygens (including phenoxy) is 3. The van der Waals surface area contributed by atoms with Crippen LogP contribution < -0.4 is 9.47 Å². The molecule has 2 aliphatic carbocycles. The second-order valence-corrected chi connectivity index (χ2v) is 10.3. The Kier molecular flexibility index (Phi) is 8.20. The lowest BCUT2D eigenvalue weighted by atomic mass is 9.71. The fourth-order valence-corrected chi connectivity index (χ4v) is 6.16. The molecule has 6 nitrogen and oxygen atoms in total. The van der Waals surface area contributed by atoms with Gasteiger partial charge in [0.2, 0.25) is 0 Å². The maximum atomic E-state index is 13.5. The van der Waals surface area contributed by atoms with Crippen LogP contribution in [0, 0.1) is 0 Å². The number of benzene rings is 2. The SMILES string of the molecule is CCOc1cc(C2C3=C(CCCC3=O)N(CCOC)C3=C2C(=O)CCC3)cc(Cl)c1OCc1ccccc1. The molecule has 2 aromatic rings. The first-order valence-electron chi connectivity index (χ1n) is 13.4. The van der Waals surface area contributed by atoms with Gasteiger partial charge >= 0.3 is 0 Å². The van der Waals surface area contributed by atoms with E-state index in [1.165, 1.54) is 0 Å². The summed E-state index contributed by atoms with van der Waals surface area (Å²) in [4.78, 5) is 29.2. The molecule has 1 heterocycles. The van der Waals surface area contributed by atoms with Gasteiger partial charge in [-0.25, -0.2) is 0 Å². The maximum Gasteiger partial charge on any atom is 0.180 e. The Morgan fingerprint density at radius 2 is 1.58 bits per heavy atom. The van der Waals surface area contributed by atoms with Crippen LogP contribution in [0.4, 0.5) is 0 Å². The molecule has 0 spiro atoms. The Morgan fingerprint density at radius 1 is 0.921 bits per heavy atom. The van der Waals surface area contributed by atoms with Gasteiger partial charge in [0.1, 0.15) is 6.61 Å². The van der Waals surface area contributed by atoms with Gasteiger partial charge in [-0.05, 0) is 55.9 Å². The number of halogens is 1. The number of hydrogen-bond donors (Lipinski definition) is 0. The Hall–Kier alpha value is -3.09. The van der Waals surface area contributed by atoms with Crippen molar-refractivity contribution >= 4 is 23.2 Å². The van der Waals surface area contributed by atoms with E-state index in [4.69, 9.17) is 25.8 Å². The average molecular weight is 536 g/mol. The van der Waals surface area contributed by atoms with Crippen molar-refractivity contribution in [2.24, 2.45) is 0 Å². The minimum absolute atomic E-state index is 0.0991. The minimum Gasteiger partial charge on any atom is -0.490 e. The van der Waals surface area contributed by atoms with E-state index in [2.05, 4.69) is 4.90 Å². The summed E-state index contributed by atoms with van der Waals surface area (Å²) in [5.74, 6) is 0.721. The predicted octanol–water partition coefficient (Wildman–Crippen LogP) is 6.38. The van der Waals surface area contributed by atoms with Gasteiger partial charge in [-0.3, -0.25) is 9.59 Å². The van der Waals surface area contributed by atoms with Crippen LogP contribution in [0.15, 0.2) is 65.0 Å². The molecule has 0 bridgehead atoms. The van der Waals surface area contributed by atoms with Crippen LogP contribution in [0.25, 0.3) is 0 Å². The number of rotatable bonds is 9. The average Bonchev–Trinajstić information content (AvgIpc) is 2.92. The number of methoxy groups -OCH3 is 1. The highest BCUT2D eigenvalue weighted by molar-refractivity contribution is 6.32. The predicted molar refractivity (Wildman–Crippen MR) is 146 cm³/mol. The zero-order chi connectivity index (χ0) is 26.6. The quantitative estimate of drug-likeness (QED) is 0.371. The van der Waals surface area contributed by atoms with Crippen LogP contribution in [0.2, 0.25) is 5.02 Å². The van der Waals surface area contributed by atoms with Gasteiger partial charge in [-0.15, -0.1) is 0 Å². The number of nitrogens with zero attached hydrogens (tertiary/aromatic N) is 1. The van der Waals surface area contributed by atoms with Crippen molar-refractivity contribution in [2.75, 3.05) is 26.9 Å². The van der Waals surface area contributed by atoms with Crippen molar-refractivity contribution in [3.05, 3.63) is 81.2 Å². The first-order chi connectivity index (χ1) is 18.5. The lowest BCUT2D eigenvalue weighted by Gasteiger charge is -2.44. The van der Waals surface area contributed by atoms with Crippen LogP contribution >= 0.6 is 11.6 Å². The molecule has 0 atom stereocenters. The minimum atomic E-state index is -0.459. The molecule has 0 saturated heterocycles. The number of carbonyl (C=O) groups is 2. The molecule has 2 aromatic carbocycles. The summed E-state index contributed by atoms with van der Waals surface area (Å²) in [6.07, 6.45) is 4.18. The third-order valence-electron chi connectivity index (χ3n) is 7.50. The van der Waals surface area contributed by atoms with E-state index in [9.17, 15) is 9.59 Å². The first-order valence-corrected chi connectivity index (χ1v) is 13.8. The largest absolute Gasteiger partial charge is 0.490 e. The van der Waals surface area contributed by atoms with E-state index in [-0.39, 0.29) is 11.6 Å². The van der Waals surface area contributed by atoms with Gasteiger partial charge in [0.15, 0.2) is 23.1 Å². The van der Waals surface area contributed by atoms with Gasteiger partial charge in [-0.1, -0.05) is 41.9 Å². The summed E-state index contributed by atoms with van der Waals surface area (Å²) < 4.78 is 17.5. The van der Waals surface area contributed by atoms with E-state index in [1.54, 1.807) is 7.11 Å². The molecule has 0 fully saturated rings. The molecule has 0 radical (unpaired) electrons. The zero-order valence-electron chi connectivity index (χ0n) is 22.1. The molecule has 0 saturated carbocycles. The number of carbonyl (C=O) groups excluding carboxylic acids is 2.